The molecule has 2 nitrogen and oxygen atoms in total. The van der Waals surface area contributed by atoms with E-state index < -0.39 is 5.41 Å². The quantitative estimate of drug-likeness (QED) is 0.191. The van der Waals surface area contributed by atoms with Crippen molar-refractivity contribution < 1.29 is 0 Å². The van der Waals surface area contributed by atoms with Crippen molar-refractivity contribution in [2.75, 3.05) is 0 Å². The SMILES string of the molecule is N#Cc1cncc(-c2cccc(-c3ccc4c(c3)C(c3ccccc3)(c3ccccc3)c3cc(-c5ccccc5)c5ccccc5c3-4)c2)c1. The van der Waals surface area contributed by atoms with Crippen LogP contribution >= 0.6 is 0 Å². The lowest BCUT2D eigenvalue weighted by Gasteiger charge is -2.34. The number of fused-ring (bicyclic) bond motifs is 5. The minimum absolute atomic E-state index is 0.552. The average molecular weight is 623 g/mol. The van der Waals surface area contributed by atoms with Crippen molar-refractivity contribution in [2.24, 2.45) is 0 Å². The Kier molecular flexibility index (Phi) is 6.78. The maximum absolute atomic E-state index is 9.50. The van der Waals surface area contributed by atoms with Gasteiger partial charge in [0.15, 0.2) is 0 Å². The predicted octanol–water partition coefficient (Wildman–Crippen LogP) is 11.5. The van der Waals surface area contributed by atoms with Gasteiger partial charge in [0.2, 0.25) is 0 Å². The van der Waals surface area contributed by atoms with Gasteiger partial charge in [0.25, 0.3) is 0 Å². The Bertz CT molecular complexity index is 2510. The second-order valence-corrected chi connectivity index (χ2v) is 12.7. The van der Waals surface area contributed by atoms with E-state index in [9.17, 15) is 5.26 Å². The maximum Gasteiger partial charge on any atom is 0.101 e. The summed E-state index contributed by atoms with van der Waals surface area (Å²) in [7, 11) is 0. The van der Waals surface area contributed by atoms with Crippen molar-refractivity contribution in [3.05, 3.63) is 210 Å². The lowest BCUT2D eigenvalue weighted by Crippen LogP contribution is -2.28. The van der Waals surface area contributed by atoms with Gasteiger partial charge in [0.05, 0.1) is 11.0 Å². The fraction of sp³-hybridized carbons (Fsp3) is 0.0213. The van der Waals surface area contributed by atoms with Crippen LogP contribution in [-0.4, -0.2) is 4.98 Å². The lowest BCUT2D eigenvalue weighted by molar-refractivity contribution is 0.769. The van der Waals surface area contributed by atoms with Gasteiger partial charge < -0.3 is 0 Å². The van der Waals surface area contributed by atoms with Gasteiger partial charge >= 0.3 is 0 Å². The first kappa shape index (κ1) is 28.6. The Hall–Kier alpha value is -6.56. The van der Waals surface area contributed by atoms with E-state index in [4.69, 9.17) is 0 Å². The third-order valence-electron chi connectivity index (χ3n) is 10.0. The normalized spacial score (nSPS) is 12.6. The molecular formula is C47H30N2. The van der Waals surface area contributed by atoms with E-state index >= 15 is 0 Å². The van der Waals surface area contributed by atoms with Gasteiger partial charge in [-0.15, -0.1) is 0 Å². The number of aromatic nitrogens is 1. The third-order valence-corrected chi connectivity index (χ3v) is 10.0. The van der Waals surface area contributed by atoms with Crippen LogP contribution in [0.5, 0.6) is 0 Å². The fourth-order valence-electron chi connectivity index (χ4n) is 7.92. The van der Waals surface area contributed by atoms with Crippen LogP contribution in [0.3, 0.4) is 0 Å². The van der Waals surface area contributed by atoms with Crippen molar-refractivity contribution in [2.45, 2.75) is 5.41 Å². The fourth-order valence-corrected chi connectivity index (χ4v) is 7.92. The molecule has 228 valence electrons. The van der Waals surface area contributed by atoms with E-state index in [1.165, 1.54) is 55.3 Å². The summed E-state index contributed by atoms with van der Waals surface area (Å²) in [6, 6.07) is 63.8. The molecule has 0 spiro atoms. The van der Waals surface area contributed by atoms with Gasteiger partial charge in [0, 0.05) is 18.0 Å². The minimum Gasteiger partial charge on any atom is -0.263 e. The van der Waals surface area contributed by atoms with E-state index in [-0.39, 0.29) is 0 Å². The number of pyridine rings is 1. The number of rotatable bonds is 5. The van der Waals surface area contributed by atoms with Crippen molar-refractivity contribution >= 4 is 10.8 Å². The highest BCUT2D eigenvalue weighted by atomic mass is 14.6. The van der Waals surface area contributed by atoms with Crippen LogP contribution in [0.25, 0.3) is 55.3 Å². The summed E-state index contributed by atoms with van der Waals surface area (Å²) < 4.78 is 0. The molecule has 0 amide bonds. The maximum atomic E-state index is 9.50. The molecule has 1 aromatic heterocycles. The first-order valence-corrected chi connectivity index (χ1v) is 16.6. The van der Waals surface area contributed by atoms with E-state index in [1.807, 2.05) is 12.3 Å². The second-order valence-electron chi connectivity index (χ2n) is 12.7. The molecule has 0 bridgehead atoms. The van der Waals surface area contributed by atoms with Crippen LogP contribution in [0.15, 0.2) is 182 Å². The first-order valence-electron chi connectivity index (χ1n) is 16.6. The molecule has 1 aliphatic carbocycles. The second kappa shape index (κ2) is 11.6. The van der Waals surface area contributed by atoms with Crippen molar-refractivity contribution in [1.29, 1.82) is 5.26 Å². The van der Waals surface area contributed by atoms with E-state index in [1.54, 1.807) is 6.20 Å². The molecule has 0 fully saturated rings. The highest BCUT2D eigenvalue weighted by Crippen LogP contribution is 2.59. The molecule has 0 unspecified atom stereocenters. The summed E-state index contributed by atoms with van der Waals surface area (Å²) in [5.41, 5.74) is 14.2. The molecular weight excluding hydrogens is 593 g/mol. The van der Waals surface area contributed by atoms with Crippen LogP contribution in [-0.2, 0) is 5.41 Å². The minimum atomic E-state index is -0.556. The van der Waals surface area contributed by atoms with E-state index in [0.717, 1.165) is 22.3 Å². The number of nitriles is 1. The summed E-state index contributed by atoms with van der Waals surface area (Å²) in [5, 5.41) is 12.0. The molecule has 2 heteroatoms. The van der Waals surface area contributed by atoms with E-state index in [0.29, 0.717) is 5.56 Å². The molecule has 0 saturated heterocycles. The molecule has 8 aromatic rings. The van der Waals surface area contributed by atoms with Crippen LogP contribution < -0.4 is 0 Å². The van der Waals surface area contributed by atoms with Crippen LogP contribution in [0.4, 0.5) is 0 Å². The Morgan fingerprint density at radius 3 is 1.71 bits per heavy atom. The number of nitrogens with zero attached hydrogens (tertiary/aromatic N) is 2. The molecule has 1 heterocycles. The predicted molar refractivity (Wildman–Crippen MR) is 200 cm³/mol. The summed E-state index contributed by atoms with van der Waals surface area (Å²) in [5.74, 6) is 0. The summed E-state index contributed by atoms with van der Waals surface area (Å²) in [4.78, 5) is 4.32. The van der Waals surface area contributed by atoms with Crippen molar-refractivity contribution in [3.63, 3.8) is 0 Å². The van der Waals surface area contributed by atoms with Crippen LogP contribution in [0, 0.1) is 11.3 Å². The Morgan fingerprint density at radius 1 is 0.429 bits per heavy atom. The lowest BCUT2D eigenvalue weighted by atomic mass is 9.67. The number of hydrogen-bond donors (Lipinski definition) is 0. The van der Waals surface area contributed by atoms with Crippen LogP contribution in [0.1, 0.15) is 27.8 Å². The molecule has 1 aliphatic rings. The van der Waals surface area contributed by atoms with Gasteiger partial charge in [-0.25, -0.2) is 0 Å². The molecule has 49 heavy (non-hydrogen) atoms. The summed E-state index contributed by atoms with van der Waals surface area (Å²) in [6.07, 6.45) is 3.43. The van der Waals surface area contributed by atoms with Gasteiger partial charge in [-0.2, -0.15) is 5.26 Å². The summed E-state index contributed by atoms with van der Waals surface area (Å²) in [6.45, 7) is 0. The zero-order valence-electron chi connectivity index (χ0n) is 26.7. The van der Waals surface area contributed by atoms with Crippen molar-refractivity contribution in [3.8, 4) is 50.6 Å². The van der Waals surface area contributed by atoms with E-state index in [2.05, 4.69) is 175 Å². The van der Waals surface area contributed by atoms with Gasteiger partial charge in [0.1, 0.15) is 6.07 Å². The molecule has 0 atom stereocenters. The smallest absolute Gasteiger partial charge is 0.101 e. The largest absolute Gasteiger partial charge is 0.263 e. The Labute approximate surface area is 286 Å². The molecule has 0 N–H and O–H groups in total. The molecule has 0 saturated carbocycles. The molecule has 7 aromatic carbocycles. The van der Waals surface area contributed by atoms with Gasteiger partial charge in [-0.05, 0) is 96.2 Å². The standard InChI is InChI=1S/C47H30N2/c48-29-32-25-37(31-49-30-32)35-16-12-15-34(26-35)36-23-24-42-44(27-36)47(38-17-6-2-7-18-38,39-19-8-3-9-20-39)45-28-43(33-13-4-1-5-14-33)40-21-10-11-22-41(40)46(42)45/h1-28,30-31H. The van der Waals surface area contributed by atoms with Gasteiger partial charge in [-0.3, -0.25) is 4.98 Å². The first-order chi connectivity index (χ1) is 24.3. The number of benzene rings is 7. The monoisotopic (exact) mass is 622 g/mol. The molecule has 9 rings (SSSR count). The van der Waals surface area contributed by atoms with Crippen LogP contribution in [0.2, 0.25) is 0 Å². The molecule has 0 aliphatic heterocycles. The molecule has 0 radical (unpaired) electrons. The summed E-state index contributed by atoms with van der Waals surface area (Å²) >= 11 is 0. The zero-order chi connectivity index (χ0) is 32.8. The highest BCUT2D eigenvalue weighted by molar-refractivity contribution is 6.10. The van der Waals surface area contributed by atoms with Gasteiger partial charge in [-0.1, -0.05) is 146 Å². The Morgan fingerprint density at radius 2 is 1.02 bits per heavy atom. The topological polar surface area (TPSA) is 36.7 Å². The van der Waals surface area contributed by atoms with Crippen molar-refractivity contribution in [1.82, 2.24) is 4.98 Å². The third kappa shape index (κ3) is 4.52. The number of hydrogen-bond acceptors (Lipinski definition) is 2. The average Bonchev–Trinajstić information content (AvgIpc) is 3.49. The Balaban J connectivity index is 1.37. The highest BCUT2D eigenvalue weighted by Gasteiger charge is 2.47. The zero-order valence-corrected chi connectivity index (χ0v) is 26.7.